The number of urea groups is 1. The Morgan fingerprint density at radius 3 is 2.76 bits per heavy atom. The molecule has 0 spiro atoms. The van der Waals surface area contributed by atoms with E-state index >= 15 is 0 Å². The van der Waals surface area contributed by atoms with Crippen LogP contribution in [0.5, 0.6) is 0 Å². The maximum atomic E-state index is 12.0. The lowest BCUT2D eigenvalue weighted by atomic mass is 10.2. The zero-order valence-electron chi connectivity index (χ0n) is 12.3. The molecule has 6 nitrogen and oxygen atoms in total. The molecule has 2 rings (SSSR count). The second-order valence-corrected chi connectivity index (χ2v) is 5.30. The van der Waals surface area contributed by atoms with Crippen molar-refractivity contribution in [3.8, 4) is 0 Å². The lowest BCUT2D eigenvalue weighted by Crippen LogP contribution is -2.36. The fourth-order valence-corrected chi connectivity index (χ4v) is 2.15. The number of aryl methyl sites for hydroxylation is 1. The van der Waals surface area contributed by atoms with Crippen molar-refractivity contribution in [1.29, 1.82) is 0 Å². The van der Waals surface area contributed by atoms with E-state index in [0.717, 1.165) is 16.6 Å². The molecule has 1 aromatic carbocycles. The lowest BCUT2D eigenvalue weighted by Gasteiger charge is -2.20. The van der Waals surface area contributed by atoms with Crippen molar-refractivity contribution in [2.24, 2.45) is 5.92 Å². The number of aromatic amines is 1. The molecule has 0 saturated carbocycles. The van der Waals surface area contributed by atoms with E-state index in [1.165, 1.54) is 4.90 Å². The van der Waals surface area contributed by atoms with Crippen molar-refractivity contribution < 1.29 is 14.7 Å². The van der Waals surface area contributed by atoms with Crippen LogP contribution in [-0.4, -0.2) is 40.6 Å². The van der Waals surface area contributed by atoms with Gasteiger partial charge in [-0.15, -0.1) is 0 Å². The molecule has 21 heavy (non-hydrogen) atoms. The number of carboxylic acid groups (broad SMARTS) is 1. The van der Waals surface area contributed by atoms with Crippen molar-refractivity contribution in [3.63, 3.8) is 0 Å². The average Bonchev–Trinajstić information content (AvgIpc) is 2.77. The molecule has 0 fully saturated rings. The minimum Gasteiger partial charge on any atom is -0.481 e. The normalized spacial score (nSPS) is 12.1. The van der Waals surface area contributed by atoms with Crippen LogP contribution in [0, 0.1) is 12.8 Å². The van der Waals surface area contributed by atoms with Gasteiger partial charge in [0.15, 0.2) is 0 Å². The first-order valence-electron chi connectivity index (χ1n) is 6.71. The first kappa shape index (κ1) is 14.9. The summed E-state index contributed by atoms with van der Waals surface area (Å²) in [7, 11) is 1.58. The number of fused-ring (bicyclic) bond motifs is 1. The minimum atomic E-state index is -0.918. The standard InChI is InChI=1S/C15H19N3O3/c1-9(14(19)20)8-18(3)15(21)17-12-4-5-13-11(7-12)6-10(2)16-13/h4-7,9,16H,8H2,1-3H3,(H,17,21)(H,19,20). The van der Waals surface area contributed by atoms with Gasteiger partial charge in [-0.3, -0.25) is 4.79 Å². The molecule has 0 radical (unpaired) electrons. The molecule has 1 heterocycles. The van der Waals surface area contributed by atoms with Gasteiger partial charge in [0.2, 0.25) is 0 Å². The van der Waals surface area contributed by atoms with Crippen molar-refractivity contribution >= 4 is 28.6 Å². The van der Waals surface area contributed by atoms with Gasteiger partial charge >= 0.3 is 12.0 Å². The zero-order valence-corrected chi connectivity index (χ0v) is 12.3. The number of carbonyl (C=O) groups is 2. The molecule has 0 bridgehead atoms. The number of hydrogen-bond acceptors (Lipinski definition) is 2. The Labute approximate surface area is 122 Å². The molecule has 3 N–H and O–H groups in total. The number of benzene rings is 1. The van der Waals surface area contributed by atoms with Gasteiger partial charge in [-0.25, -0.2) is 4.79 Å². The van der Waals surface area contributed by atoms with Gasteiger partial charge in [0.1, 0.15) is 0 Å². The van der Waals surface area contributed by atoms with E-state index < -0.39 is 11.9 Å². The van der Waals surface area contributed by atoms with E-state index in [0.29, 0.717) is 5.69 Å². The molecule has 1 aromatic heterocycles. The summed E-state index contributed by atoms with van der Waals surface area (Å²) in [5.74, 6) is -1.52. The summed E-state index contributed by atoms with van der Waals surface area (Å²) in [5.41, 5.74) is 2.75. The zero-order chi connectivity index (χ0) is 15.6. The predicted octanol–water partition coefficient (Wildman–Crippen LogP) is 2.66. The van der Waals surface area contributed by atoms with Crippen LogP contribution >= 0.6 is 0 Å². The van der Waals surface area contributed by atoms with Crippen LogP contribution in [0.1, 0.15) is 12.6 Å². The monoisotopic (exact) mass is 289 g/mol. The Morgan fingerprint density at radius 1 is 1.38 bits per heavy atom. The van der Waals surface area contributed by atoms with Gasteiger partial charge in [-0.2, -0.15) is 0 Å². The van der Waals surface area contributed by atoms with Crippen LogP contribution in [0.15, 0.2) is 24.3 Å². The van der Waals surface area contributed by atoms with Crippen molar-refractivity contribution in [2.45, 2.75) is 13.8 Å². The molecular formula is C15H19N3O3. The summed E-state index contributed by atoms with van der Waals surface area (Å²) < 4.78 is 0. The number of amides is 2. The summed E-state index contributed by atoms with van der Waals surface area (Å²) in [6.45, 7) is 3.70. The maximum Gasteiger partial charge on any atom is 0.321 e. The molecule has 1 atom stereocenters. The molecule has 2 aromatic rings. The van der Waals surface area contributed by atoms with E-state index in [4.69, 9.17) is 5.11 Å². The fourth-order valence-electron chi connectivity index (χ4n) is 2.15. The molecule has 0 saturated heterocycles. The number of carboxylic acids is 1. The van der Waals surface area contributed by atoms with Gasteiger partial charge in [0.05, 0.1) is 5.92 Å². The highest BCUT2D eigenvalue weighted by atomic mass is 16.4. The molecule has 112 valence electrons. The number of aromatic nitrogens is 1. The molecule has 6 heteroatoms. The molecule has 0 aliphatic rings. The smallest absolute Gasteiger partial charge is 0.321 e. The Morgan fingerprint density at radius 2 is 2.10 bits per heavy atom. The van der Waals surface area contributed by atoms with Crippen LogP contribution in [-0.2, 0) is 4.79 Å². The highest BCUT2D eigenvalue weighted by Crippen LogP contribution is 2.20. The molecule has 1 unspecified atom stereocenters. The second kappa shape index (κ2) is 5.87. The SMILES string of the molecule is Cc1cc2cc(NC(=O)N(C)CC(C)C(=O)O)ccc2[nH]1. The number of nitrogens with one attached hydrogen (secondary N) is 2. The van der Waals surface area contributed by atoms with Crippen LogP contribution < -0.4 is 5.32 Å². The van der Waals surface area contributed by atoms with Crippen molar-refractivity contribution in [1.82, 2.24) is 9.88 Å². The van der Waals surface area contributed by atoms with Crippen molar-refractivity contribution in [3.05, 3.63) is 30.0 Å². The topological polar surface area (TPSA) is 85.4 Å². The van der Waals surface area contributed by atoms with Gasteiger partial charge < -0.3 is 20.3 Å². The Hall–Kier alpha value is -2.50. The third kappa shape index (κ3) is 3.53. The Balaban J connectivity index is 2.04. The Bertz CT molecular complexity index is 678. The molecule has 0 aliphatic carbocycles. The van der Waals surface area contributed by atoms with E-state index in [9.17, 15) is 9.59 Å². The summed E-state index contributed by atoms with van der Waals surface area (Å²) >= 11 is 0. The third-order valence-electron chi connectivity index (χ3n) is 3.32. The summed E-state index contributed by atoms with van der Waals surface area (Å²) in [6, 6.07) is 7.27. The van der Waals surface area contributed by atoms with E-state index in [-0.39, 0.29) is 12.6 Å². The number of aliphatic carboxylic acids is 1. The van der Waals surface area contributed by atoms with Gasteiger partial charge in [0.25, 0.3) is 0 Å². The first-order chi connectivity index (χ1) is 9.86. The highest BCUT2D eigenvalue weighted by molar-refractivity contribution is 5.93. The highest BCUT2D eigenvalue weighted by Gasteiger charge is 2.17. The summed E-state index contributed by atoms with van der Waals surface area (Å²) in [4.78, 5) is 27.4. The number of hydrogen-bond donors (Lipinski definition) is 3. The van der Waals surface area contributed by atoms with Crippen LogP contribution in [0.4, 0.5) is 10.5 Å². The van der Waals surface area contributed by atoms with Crippen LogP contribution in [0.25, 0.3) is 10.9 Å². The lowest BCUT2D eigenvalue weighted by molar-refractivity contribution is -0.141. The predicted molar refractivity (Wildman–Crippen MR) is 81.5 cm³/mol. The van der Waals surface area contributed by atoms with Gasteiger partial charge in [-0.05, 0) is 31.2 Å². The number of anilines is 1. The molecule has 2 amide bonds. The van der Waals surface area contributed by atoms with Gasteiger partial charge in [0, 0.05) is 35.9 Å². The van der Waals surface area contributed by atoms with Crippen molar-refractivity contribution in [2.75, 3.05) is 18.9 Å². The Kier molecular flexibility index (Phi) is 4.16. The van der Waals surface area contributed by atoms with Gasteiger partial charge in [-0.1, -0.05) is 6.92 Å². The number of H-pyrrole nitrogens is 1. The van der Waals surface area contributed by atoms with Crippen LogP contribution in [0.2, 0.25) is 0 Å². The number of carbonyl (C=O) groups excluding carboxylic acids is 1. The second-order valence-electron chi connectivity index (χ2n) is 5.30. The third-order valence-corrected chi connectivity index (χ3v) is 3.32. The summed E-state index contributed by atoms with van der Waals surface area (Å²) in [5, 5.41) is 12.6. The van der Waals surface area contributed by atoms with Crippen LogP contribution in [0.3, 0.4) is 0 Å². The molecular weight excluding hydrogens is 270 g/mol. The van der Waals surface area contributed by atoms with E-state index in [2.05, 4.69) is 10.3 Å². The quantitative estimate of drug-likeness (QED) is 0.809. The van der Waals surface area contributed by atoms with E-state index in [1.54, 1.807) is 14.0 Å². The number of nitrogens with zero attached hydrogens (tertiary/aromatic N) is 1. The summed E-state index contributed by atoms with van der Waals surface area (Å²) in [6.07, 6.45) is 0. The first-order valence-corrected chi connectivity index (χ1v) is 6.71. The van der Waals surface area contributed by atoms with E-state index in [1.807, 2.05) is 31.2 Å². The number of rotatable bonds is 4. The fraction of sp³-hybridized carbons (Fsp3) is 0.333. The minimum absolute atomic E-state index is 0.159. The largest absolute Gasteiger partial charge is 0.481 e. The maximum absolute atomic E-state index is 12.0. The molecule has 0 aliphatic heterocycles. The average molecular weight is 289 g/mol.